The van der Waals surface area contributed by atoms with E-state index in [1.807, 2.05) is 79.7 Å². The molecule has 0 radical (unpaired) electrons. The van der Waals surface area contributed by atoms with E-state index in [1.54, 1.807) is 23.3 Å². The van der Waals surface area contributed by atoms with Crippen LogP contribution in [-0.4, -0.2) is 6.88 Å². The maximum absolute atomic E-state index is 3.65. The van der Waals surface area contributed by atoms with E-state index in [2.05, 4.69) is 121 Å². The second-order valence-corrected chi connectivity index (χ2v) is 9.70. The predicted molar refractivity (Wildman–Crippen MR) is 200 cm³/mol. The fourth-order valence-corrected chi connectivity index (χ4v) is 4.74. The number of hydrogen-bond donors (Lipinski definition) is 0. The van der Waals surface area contributed by atoms with E-state index in [4.69, 9.17) is 0 Å². The van der Waals surface area contributed by atoms with Crippen LogP contribution < -0.4 is 0 Å². The fourth-order valence-electron chi connectivity index (χ4n) is 4.74. The Bertz CT molecular complexity index is 1540. The van der Waals surface area contributed by atoms with Crippen molar-refractivity contribution in [1.82, 2.24) is 0 Å². The minimum absolute atomic E-state index is 0. The summed E-state index contributed by atoms with van der Waals surface area (Å²) in [5, 5.41) is 0. The van der Waals surface area contributed by atoms with Gasteiger partial charge in [0.2, 0.25) is 0 Å². The van der Waals surface area contributed by atoms with Crippen LogP contribution in [0.15, 0.2) is 170 Å². The van der Waals surface area contributed by atoms with Crippen molar-refractivity contribution < 1.29 is 23.3 Å². The summed E-state index contributed by atoms with van der Waals surface area (Å²) in [7, 11) is 0. The molecule has 0 saturated heterocycles. The van der Waals surface area contributed by atoms with Gasteiger partial charge in [-0.3, -0.25) is 6.08 Å². The van der Waals surface area contributed by atoms with Gasteiger partial charge < -0.3 is 0 Å². The van der Waals surface area contributed by atoms with Crippen LogP contribution in [0.3, 0.4) is 0 Å². The second-order valence-electron chi connectivity index (χ2n) is 9.70. The normalized spacial score (nSPS) is 10.5. The number of halogens is 2. The summed E-state index contributed by atoms with van der Waals surface area (Å²) in [4.78, 5) is 0. The quantitative estimate of drug-likeness (QED) is 0.123. The van der Waals surface area contributed by atoms with Gasteiger partial charge in [0.05, 0.1) is 0 Å². The van der Waals surface area contributed by atoms with Gasteiger partial charge in [-0.2, -0.15) is 78.9 Å². The molecule has 0 heterocycles. The van der Waals surface area contributed by atoms with Gasteiger partial charge in [0, 0.05) is 0 Å². The first-order valence-electron chi connectivity index (χ1n) is 14.6. The monoisotopic (exact) mass is 728 g/mol. The predicted octanol–water partition coefficient (Wildman–Crippen LogP) is 10.6. The molecule has 0 spiro atoms. The Kier molecular flexibility index (Phi) is 19.2. The van der Waals surface area contributed by atoms with Crippen molar-refractivity contribution >= 4 is 31.7 Å². The first-order chi connectivity index (χ1) is 21.9. The summed E-state index contributed by atoms with van der Waals surface area (Å²) in [5.74, 6) is 0. The van der Waals surface area contributed by atoms with Crippen molar-refractivity contribution in [3.8, 4) is 33.4 Å². The molecule has 0 atom stereocenters. The molecule has 0 aromatic heterocycles. The summed E-state index contributed by atoms with van der Waals surface area (Å²) < 4.78 is 0. The number of hydrogen-bond acceptors (Lipinski definition) is 0. The molecule has 0 bridgehead atoms. The Balaban J connectivity index is 0.000000286. The molecular weight excluding hydrogens is 695 g/mol. The largest absolute Gasteiger partial charge is 0.184 e. The van der Waals surface area contributed by atoms with Crippen LogP contribution in [-0.2, 0) is 29.8 Å². The topological polar surface area (TPSA) is 0 Å². The van der Waals surface area contributed by atoms with E-state index in [9.17, 15) is 0 Å². The standard InChI is InChI=1S/C25H17.2C6H5.C5H5.2ClH.H2Si.Zr/c1-3-7-18(8-4-1)20-11-13-24-22(15-20)17-23-16-21(12-14-25(23)24)19-9-5-2-6-10-19;2*1-2-4-6-5-3-1;1-2-4-5-3-1;;;;/h1-15H,17H2;2*1-5H;1-3H,4H2;2*1H;1H2;/q4*-1;;;;. The maximum atomic E-state index is 3.65. The van der Waals surface area contributed by atoms with E-state index in [1.165, 1.54) is 44.5 Å². The average Bonchev–Trinajstić information content (AvgIpc) is 3.84. The van der Waals surface area contributed by atoms with Crippen molar-refractivity contribution in [2.75, 3.05) is 0 Å². The van der Waals surface area contributed by atoms with E-state index in [0.29, 0.717) is 0 Å². The fraction of sp³-hybridized carbons (Fsp3) is 0.0476. The van der Waals surface area contributed by atoms with E-state index < -0.39 is 0 Å². The van der Waals surface area contributed by atoms with E-state index in [0.717, 1.165) is 12.8 Å². The van der Waals surface area contributed by atoms with Crippen LogP contribution in [0.2, 0.25) is 0 Å². The molecule has 2 aliphatic rings. The Morgan fingerprint density at radius 3 is 1.54 bits per heavy atom. The molecule has 2 aliphatic carbocycles. The Hall–Kier alpha value is -3.52. The molecule has 0 aliphatic heterocycles. The van der Waals surface area contributed by atoms with Gasteiger partial charge in [0.25, 0.3) is 0 Å². The second kappa shape index (κ2) is 22.9. The molecule has 8 rings (SSSR count). The maximum Gasteiger partial charge on any atom is -0.0181 e. The van der Waals surface area contributed by atoms with Crippen LogP contribution in [0.1, 0.15) is 17.5 Å². The third kappa shape index (κ3) is 12.3. The number of benzene rings is 6. The molecule has 4 heteroatoms. The molecular formula is C42H36Cl2SiZr-4. The van der Waals surface area contributed by atoms with Crippen LogP contribution in [0.25, 0.3) is 33.4 Å². The zero-order valence-electron chi connectivity index (χ0n) is 25.6. The third-order valence-electron chi connectivity index (χ3n) is 6.78. The zero-order valence-corrected chi connectivity index (χ0v) is 31.1. The van der Waals surface area contributed by atoms with Crippen LogP contribution in [0.4, 0.5) is 0 Å². The van der Waals surface area contributed by atoms with Crippen LogP contribution in [0.5, 0.6) is 0 Å². The molecule has 6 aromatic rings. The Labute approximate surface area is 304 Å². The minimum atomic E-state index is 0. The van der Waals surface area contributed by atoms with Crippen molar-refractivity contribution in [2.45, 2.75) is 12.8 Å². The summed E-state index contributed by atoms with van der Waals surface area (Å²) in [6.07, 6.45) is 11.0. The Morgan fingerprint density at radius 2 is 1.09 bits per heavy atom. The van der Waals surface area contributed by atoms with Crippen LogP contribution in [0, 0.1) is 24.3 Å². The number of rotatable bonds is 2. The van der Waals surface area contributed by atoms with Crippen molar-refractivity contribution in [3.63, 3.8) is 0 Å². The molecule has 0 nitrogen and oxygen atoms in total. The molecule has 0 fully saturated rings. The van der Waals surface area contributed by atoms with Gasteiger partial charge in [-0.05, 0) is 23.1 Å². The van der Waals surface area contributed by atoms with Gasteiger partial charge in [0.15, 0.2) is 0 Å². The van der Waals surface area contributed by atoms with Gasteiger partial charge in [-0.1, -0.05) is 95.6 Å². The molecule has 0 amide bonds. The molecule has 6 aromatic carbocycles. The van der Waals surface area contributed by atoms with Gasteiger partial charge in [0.1, 0.15) is 0 Å². The van der Waals surface area contributed by atoms with Crippen molar-refractivity contribution in [1.29, 1.82) is 0 Å². The van der Waals surface area contributed by atoms with E-state index >= 15 is 0 Å². The van der Waals surface area contributed by atoms with Gasteiger partial charge >= 0.3 is 30.2 Å². The summed E-state index contributed by atoms with van der Waals surface area (Å²) >= 11 is 1.58. The van der Waals surface area contributed by atoms with E-state index in [-0.39, 0.29) is 24.8 Å². The zero-order chi connectivity index (χ0) is 30.7. The van der Waals surface area contributed by atoms with Crippen molar-refractivity contribution in [2.24, 2.45) is 0 Å². The SMILES string of the molecule is Cl.Cl.[C-]1=CC=CC1.[SiH2]=[Zr].[c-]1c(-c2ccccc2)ccc2c1Cc1cc(-c3ccccc3)ccc1-2.[c-]1ccccc1.[c-]1ccccc1. The number of allylic oxidation sites excluding steroid dienone is 4. The van der Waals surface area contributed by atoms with Gasteiger partial charge in [-0.25, -0.2) is 12.2 Å². The summed E-state index contributed by atoms with van der Waals surface area (Å²) in [6.45, 7) is 1.95. The third-order valence-corrected chi connectivity index (χ3v) is 6.78. The minimum Gasteiger partial charge on any atom is -0.184 e. The molecule has 46 heavy (non-hydrogen) atoms. The first kappa shape index (κ1) is 38.7. The Morgan fingerprint density at radius 1 is 0.543 bits per heavy atom. The van der Waals surface area contributed by atoms with Crippen molar-refractivity contribution in [3.05, 3.63) is 205 Å². The molecule has 0 N–H and O–H groups in total. The summed E-state index contributed by atoms with van der Waals surface area (Å²) in [6, 6.07) is 61.0. The molecule has 0 saturated carbocycles. The average molecular weight is 731 g/mol. The summed E-state index contributed by atoms with van der Waals surface area (Å²) in [5.41, 5.74) is 10.4. The molecule has 230 valence electrons. The smallest absolute Gasteiger partial charge is 0.0181 e. The number of fused-ring (bicyclic) bond motifs is 3. The van der Waals surface area contributed by atoms with Gasteiger partial charge in [-0.15, -0.1) is 60.6 Å². The molecule has 0 unspecified atom stereocenters. The van der Waals surface area contributed by atoms with Crippen LogP contribution >= 0.6 is 24.8 Å². The first-order valence-corrected chi connectivity index (χ1v) is 20.5.